The van der Waals surface area contributed by atoms with Crippen LogP contribution in [-0.4, -0.2) is 27.0 Å². The van der Waals surface area contributed by atoms with Crippen LogP contribution < -0.4 is 11.0 Å². The van der Waals surface area contributed by atoms with E-state index in [0.29, 0.717) is 24.1 Å². The minimum atomic E-state index is -0.405. The van der Waals surface area contributed by atoms with Crippen molar-refractivity contribution in [1.29, 1.82) is 0 Å². The van der Waals surface area contributed by atoms with Gasteiger partial charge in [0.1, 0.15) is 5.82 Å². The van der Waals surface area contributed by atoms with E-state index in [9.17, 15) is 14.0 Å². The van der Waals surface area contributed by atoms with Gasteiger partial charge < -0.3 is 15.3 Å². The number of nitrogens with zero attached hydrogens (tertiary/aromatic N) is 1. The molecule has 2 heterocycles. The van der Waals surface area contributed by atoms with Crippen molar-refractivity contribution in [3.63, 3.8) is 0 Å². The molecule has 7 heteroatoms. The number of nitrogens with one attached hydrogen (secondary N) is 3. The normalized spacial score (nSPS) is 11.3. The van der Waals surface area contributed by atoms with E-state index in [1.807, 2.05) is 30.5 Å². The molecule has 0 saturated heterocycles. The Morgan fingerprint density at radius 2 is 2.00 bits per heavy atom. The van der Waals surface area contributed by atoms with Gasteiger partial charge in [0.05, 0.1) is 17.5 Å². The average Bonchev–Trinajstić information content (AvgIpc) is 3.16. The largest absolute Gasteiger partial charge is 0.361 e. The van der Waals surface area contributed by atoms with E-state index in [1.54, 1.807) is 6.07 Å². The minimum absolute atomic E-state index is 0.117. The van der Waals surface area contributed by atoms with Crippen LogP contribution in [0.5, 0.6) is 0 Å². The van der Waals surface area contributed by atoms with Crippen molar-refractivity contribution in [3.8, 4) is 0 Å². The maximum Gasteiger partial charge on any atom is 0.326 e. The third kappa shape index (κ3) is 2.99. The van der Waals surface area contributed by atoms with Gasteiger partial charge in [0.15, 0.2) is 0 Å². The Morgan fingerprint density at radius 1 is 1.15 bits per heavy atom. The highest BCUT2D eigenvalue weighted by molar-refractivity contribution is 5.88. The van der Waals surface area contributed by atoms with Crippen molar-refractivity contribution in [2.75, 3.05) is 6.54 Å². The molecular weight excluding hydrogens is 335 g/mol. The van der Waals surface area contributed by atoms with Crippen molar-refractivity contribution in [2.45, 2.75) is 13.0 Å². The first kappa shape index (κ1) is 16.1. The number of halogens is 1. The fourth-order valence-electron chi connectivity index (χ4n) is 3.18. The van der Waals surface area contributed by atoms with Gasteiger partial charge in [0, 0.05) is 30.2 Å². The Bertz CT molecular complexity index is 1160. The van der Waals surface area contributed by atoms with Crippen LogP contribution in [0.25, 0.3) is 21.9 Å². The molecule has 4 rings (SSSR count). The van der Waals surface area contributed by atoms with Crippen LogP contribution in [0.4, 0.5) is 4.39 Å². The van der Waals surface area contributed by atoms with Gasteiger partial charge in [-0.3, -0.25) is 9.36 Å². The van der Waals surface area contributed by atoms with E-state index < -0.39 is 5.82 Å². The quantitative estimate of drug-likeness (QED) is 0.515. The molecule has 0 unspecified atom stereocenters. The maximum atomic E-state index is 13.2. The van der Waals surface area contributed by atoms with Crippen molar-refractivity contribution in [2.24, 2.45) is 0 Å². The van der Waals surface area contributed by atoms with Crippen molar-refractivity contribution >= 4 is 27.8 Å². The number of aromatic amines is 2. The minimum Gasteiger partial charge on any atom is -0.361 e. The predicted molar refractivity (Wildman–Crippen MR) is 97.5 cm³/mol. The van der Waals surface area contributed by atoms with Gasteiger partial charge in [0.25, 0.3) is 0 Å². The van der Waals surface area contributed by atoms with Gasteiger partial charge in [-0.25, -0.2) is 9.18 Å². The van der Waals surface area contributed by atoms with Gasteiger partial charge in [-0.05, 0) is 29.8 Å². The monoisotopic (exact) mass is 352 g/mol. The second-order valence-electron chi connectivity index (χ2n) is 6.13. The third-order valence-corrected chi connectivity index (χ3v) is 4.42. The average molecular weight is 352 g/mol. The summed E-state index contributed by atoms with van der Waals surface area (Å²) >= 11 is 0. The van der Waals surface area contributed by atoms with E-state index in [1.165, 1.54) is 16.7 Å². The fraction of sp³-hybridized carbons (Fsp3) is 0.158. The van der Waals surface area contributed by atoms with Gasteiger partial charge in [0.2, 0.25) is 5.91 Å². The standard InChI is InChI=1S/C19H17FN4O2/c20-13-5-6-17-16(10-13)23-19(26)24(17)8-7-21-18(25)9-12-11-22-15-4-2-1-3-14(12)15/h1-6,10-11,22H,7-9H2,(H,21,25)(H,23,26). The summed E-state index contributed by atoms with van der Waals surface area (Å²) in [6.45, 7) is 0.621. The number of aromatic nitrogens is 3. The molecule has 0 bridgehead atoms. The summed E-state index contributed by atoms with van der Waals surface area (Å²) in [5.74, 6) is -0.522. The number of H-pyrrole nitrogens is 2. The van der Waals surface area contributed by atoms with Crippen LogP contribution in [0.1, 0.15) is 5.56 Å². The van der Waals surface area contributed by atoms with E-state index in [4.69, 9.17) is 0 Å². The third-order valence-electron chi connectivity index (χ3n) is 4.42. The molecular formula is C19H17FN4O2. The lowest BCUT2D eigenvalue weighted by Gasteiger charge is -2.06. The van der Waals surface area contributed by atoms with Crippen molar-refractivity contribution < 1.29 is 9.18 Å². The van der Waals surface area contributed by atoms with Crippen LogP contribution in [-0.2, 0) is 17.8 Å². The molecule has 2 aromatic heterocycles. The SMILES string of the molecule is O=C(Cc1c[nH]c2ccccc12)NCCn1c(=O)[nH]c2cc(F)ccc21. The number of hydrogen-bond donors (Lipinski definition) is 3. The second kappa shape index (κ2) is 6.51. The second-order valence-corrected chi connectivity index (χ2v) is 6.13. The van der Waals surface area contributed by atoms with Crippen molar-refractivity contribution in [1.82, 2.24) is 19.9 Å². The number of amides is 1. The Hall–Kier alpha value is -3.35. The fourth-order valence-corrected chi connectivity index (χ4v) is 3.18. The Balaban J connectivity index is 1.41. The zero-order valence-corrected chi connectivity index (χ0v) is 13.9. The molecule has 132 valence electrons. The maximum absolute atomic E-state index is 13.2. The van der Waals surface area contributed by atoms with Crippen LogP contribution in [0, 0.1) is 5.82 Å². The van der Waals surface area contributed by atoms with Gasteiger partial charge >= 0.3 is 5.69 Å². The lowest BCUT2D eigenvalue weighted by molar-refractivity contribution is -0.120. The summed E-state index contributed by atoms with van der Waals surface area (Å²) in [6.07, 6.45) is 2.10. The summed E-state index contributed by atoms with van der Waals surface area (Å²) in [6, 6.07) is 11.9. The molecule has 0 aliphatic carbocycles. The lowest BCUT2D eigenvalue weighted by atomic mass is 10.1. The molecule has 0 atom stereocenters. The van der Waals surface area contributed by atoms with E-state index >= 15 is 0 Å². The van der Waals surface area contributed by atoms with Crippen LogP contribution >= 0.6 is 0 Å². The zero-order valence-electron chi connectivity index (χ0n) is 13.9. The zero-order chi connectivity index (χ0) is 18.1. The lowest BCUT2D eigenvalue weighted by Crippen LogP contribution is -2.31. The van der Waals surface area contributed by atoms with Crippen LogP contribution in [0.2, 0.25) is 0 Å². The first-order valence-corrected chi connectivity index (χ1v) is 8.31. The summed E-state index contributed by atoms with van der Waals surface area (Å²) in [4.78, 5) is 30.0. The van der Waals surface area contributed by atoms with Crippen LogP contribution in [0.3, 0.4) is 0 Å². The molecule has 6 nitrogen and oxygen atoms in total. The summed E-state index contributed by atoms with van der Waals surface area (Å²) < 4.78 is 14.7. The Kier molecular flexibility index (Phi) is 4.04. The van der Waals surface area contributed by atoms with Crippen molar-refractivity contribution in [3.05, 3.63) is 70.5 Å². The molecule has 0 radical (unpaired) electrons. The number of carbonyl (C=O) groups is 1. The molecule has 1 amide bonds. The molecule has 2 aromatic carbocycles. The summed E-state index contributed by atoms with van der Waals surface area (Å²) in [5.41, 5.74) is 2.66. The number of carbonyl (C=O) groups excluding carboxylic acids is 1. The van der Waals surface area contributed by atoms with Gasteiger partial charge in [-0.1, -0.05) is 18.2 Å². The molecule has 26 heavy (non-hydrogen) atoms. The number of para-hydroxylation sites is 1. The number of imidazole rings is 1. The predicted octanol–water partition coefficient (Wildman–Crippen LogP) is 2.31. The number of fused-ring (bicyclic) bond motifs is 2. The van der Waals surface area contributed by atoms with E-state index in [2.05, 4.69) is 15.3 Å². The molecule has 0 fully saturated rings. The molecule has 0 saturated carbocycles. The highest BCUT2D eigenvalue weighted by Gasteiger charge is 2.10. The molecule has 0 aliphatic heterocycles. The molecule has 0 spiro atoms. The number of rotatable bonds is 5. The smallest absolute Gasteiger partial charge is 0.326 e. The topological polar surface area (TPSA) is 82.7 Å². The molecule has 4 aromatic rings. The summed E-state index contributed by atoms with van der Waals surface area (Å²) in [7, 11) is 0. The Morgan fingerprint density at radius 3 is 2.88 bits per heavy atom. The molecule has 3 N–H and O–H groups in total. The highest BCUT2D eigenvalue weighted by Crippen LogP contribution is 2.18. The van der Waals surface area contributed by atoms with Gasteiger partial charge in [-0.15, -0.1) is 0 Å². The van der Waals surface area contributed by atoms with Crippen LogP contribution in [0.15, 0.2) is 53.5 Å². The first-order valence-electron chi connectivity index (χ1n) is 8.31. The summed E-state index contributed by atoms with van der Waals surface area (Å²) in [5, 5.41) is 3.85. The van der Waals surface area contributed by atoms with E-state index in [-0.39, 0.29) is 18.0 Å². The van der Waals surface area contributed by atoms with E-state index in [0.717, 1.165) is 16.5 Å². The Labute approximate surface area is 147 Å². The highest BCUT2D eigenvalue weighted by atomic mass is 19.1. The number of hydrogen-bond acceptors (Lipinski definition) is 2. The molecule has 0 aliphatic rings. The number of benzene rings is 2. The first-order chi connectivity index (χ1) is 12.6. The van der Waals surface area contributed by atoms with Gasteiger partial charge in [-0.2, -0.15) is 0 Å².